The van der Waals surface area contributed by atoms with Crippen molar-refractivity contribution in [2.75, 3.05) is 13.7 Å². The average Bonchev–Trinajstić information content (AvgIpc) is 2.68. The number of hydrogen-bond acceptors (Lipinski definition) is 3. The highest BCUT2D eigenvalue weighted by Crippen LogP contribution is 2.21. The molecule has 0 aliphatic rings. The molecule has 0 aliphatic carbocycles. The summed E-state index contributed by atoms with van der Waals surface area (Å²) >= 11 is 6.12. The van der Waals surface area contributed by atoms with Gasteiger partial charge in [0.05, 0.1) is 30.2 Å². The summed E-state index contributed by atoms with van der Waals surface area (Å²) in [5, 5.41) is 3.35. The molecule has 2 N–H and O–H groups in total. The number of halogens is 1. The quantitative estimate of drug-likeness (QED) is 0.632. The summed E-state index contributed by atoms with van der Waals surface area (Å²) in [4.78, 5) is 18.1. The molecule has 142 valence electrons. The molecule has 5 nitrogen and oxygen atoms in total. The van der Waals surface area contributed by atoms with Crippen LogP contribution in [-0.2, 0) is 0 Å². The first-order chi connectivity index (χ1) is 13.0. The number of nitrogens with zero attached hydrogens (tertiary/aromatic N) is 2. The van der Waals surface area contributed by atoms with E-state index >= 15 is 0 Å². The van der Waals surface area contributed by atoms with Gasteiger partial charge in [0.1, 0.15) is 11.8 Å². The summed E-state index contributed by atoms with van der Waals surface area (Å²) in [6.45, 7) is 5.24. The molecule has 1 atom stereocenters. The number of fused-ring (bicyclic) bond motifs is 1. The van der Waals surface area contributed by atoms with E-state index in [1.165, 1.54) is 0 Å². The highest BCUT2D eigenvalue weighted by Gasteiger charge is 2.20. The van der Waals surface area contributed by atoms with Crippen LogP contribution in [0.2, 0.25) is 5.02 Å². The molecule has 1 heterocycles. The molecule has 27 heavy (non-hydrogen) atoms. The maximum absolute atomic E-state index is 13.3. The molecule has 0 saturated carbocycles. The van der Waals surface area contributed by atoms with E-state index in [0.717, 1.165) is 36.6 Å². The Balaban J connectivity index is 2.18. The van der Waals surface area contributed by atoms with Crippen LogP contribution in [0.1, 0.15) is 38.6 Å². The van der Waals surface area contributed by atoms with Gasteiger partial charge >= 0.3 is 0 Å². The first-order valence-electron chi connectivity index (χ1n) is 9.25. The summed E-state index contributed by atoms with van der Waals surface area (Å²) in [5.41, 5.74) is 1.31. The van der Waals surface area contributed by atoms with Gasteiger partial charge in [0.15, 0.2) is 5.82 Å². The number of quaternary nitrogens is 1. The van der Waals surface area contributed by atoms with Gasteiger partial charge in [0, 0.05) is 5.02 Å². The molecular formula is C21H25ClN3O2+. The molecule has 0 fully saturated rings. The monoisotopic (exact) mass is 386 g/mol. The van der Waals surface area contributed by atoms with E-state index in [1.807, 2.05) is 24.3 Å². The van der Waals surface area contributed by atoms with Gasteiger partial charge in [-0.3, -0.25) is 9.36 Å². The third-order valence-corrected chi connectivity index (χ3v) is 4.91. The molecule has 3 rings (SSSR count). The van der Waals surface area contributed by atoms with E-state index < -0.39 is 0 Å². The minimum atomic E-state index is -0.0902. The van der Waals surface area contributed by atoms with Crippen LogP contribution in [0.5, 0.6) is 5.75 Å². The first kappa shape index (κ1) is 19.4. The second-order valence-electron chi connectivity index (χ2n) is 6.64. The Hall–Kier alpha value is -2.37. The molecule has 0 spiro atoms. The zero-order chi connectivity index (χ0) is 19.4. The fourth-order valence-corrected chi connectivity index (χ4v) is 3.31. The van der Waals surface area contributed by atoms with Crippen molar-refractivity contribution >= 4 is 22.5 Å². The summed E-state index contributed by atoms with van der Waals surface area (Å²) in [6, 6.07) is 12.7. The molecule has 0 bridgehead atoms. The topological polar surface area (TPSA) is 60.7 Å². The van der Waals surface area contributed by atoms with Crippen LogP contribution in [0.3, 0.4) is 0 Å². The van der Waals surface area contributed by atoms with Gasteiger partial charge in [-0.05, 0) is 55.8 Å². The Kier molecular flexibility index (Phi) is 6.14. The maximum atomic E-state index is 13.3. The van der Waals surface area contributed by atoms with Crippen LogP contribution in [0.4, 0.5) is 0 Å². The Labute approximate surface area is 164 Å². The molecule has 0 saturated heterocycles. The summed E-state index contributed by atoms with van der Waals surface area (Å²) < 4.78 is 6.94. The second-order valence-corrected chi connectivity index (χ2v) is 7.07. The minimum absolute atomic E-state index is 0.0368. The van der Waals surface area contributed by atoms with E-state index in [1.54, 1.807) is 29.9 Å². The van der Waals surface area contributed by atoms with E-state index in [9.17, 15) is 4.79 Å². The Bertz CT molecular complexity index is 983. The van der Waals surface area contributed by atoms with Crippen molar-refractivity contribution in [1.82, 2.24) is 9.55 Å². The summed E-state index contributed by atoms with van der Waals surface area (Å²) in [5.74, 6) is 1.47. The average molecular weight is 387 g/mol. The zero-order valence-electron chi connectivity index (χ0n) is 15.9. The van der Waals surface area contributed by atoms with E-state index in [2.05, 4.69) is 19.2 Å². The fraction of sp³-hybridized carbons (Fsp3) is 0.333. The first-order valence-corrected chi connectivity index (χ1v) is 9.63. The van der Waals surface area contributed by atoms with E-state index in [0.29, 0.717) is 15.9 Å². The summed E-state index contributed by atoms with van der Waals surface area (Å²) in [7, 11) is 1.62. The smallest absolute Gasteiger partial charge is 0.266 e. The number of rotatable bonds is 7. The molecule has 0 amide bonds. The molecule has 0 unspecified atom stereocenters. The number of hydrogen-bond donors (Lipinski definition) is 1. The number of methoxy groups -OCH3 is 1. The van der Waals surface area contributed by atoms with Crippen molar-refractivity contribution in [2.45, 2.75) is 32.7 Å². The molecule has 0 radical (unpaired) electrons. The van der Waals surface area contributed by atoms with Gasteiger partial charge in [-0.2, -0.15) is 0 Å². The number of aromatic nitrogens is 2. The highest BCUT2D eigenvalue weighted by atomic mass is 35.5. The molecular weight excluding hydrogens is 362 g/mol. The Morgan fingerprint density at radius 2 is 1.96 bits per heavy atom. The van der Waals surface area contributed by atoms with Crippen molar-refractivity contribution in [3.05, 3.63) is 63.7 Å². The predicted molar refractivity (Wildman–Crippen MR) is 109 cm³/mol. The lowest BCUT2D eigenvalue weighted by atomic mass is 10.2. The van der Waals surface area contributed by atoms with Crippen LogP contribution in [0.25, 0.3) is 16.6 Å². The van der Waals surface area contributed by atoms with Crippen LogP contribution in [0, 0.1) is 0 Å². The van der Waals surface area contributed by atoms with Gasteiger partial charge in [-0.25, -0.2) is 4.98 Å². The largest absolute Gasteiger partial charge is 0.497 e. The number of unbranched alkanes of at least 4 members (excludes halogenated alkanes) is 1. The number of nitrogens with two attached hydrogens (primary N) is 1. The van der Waals surface area contributed by atoms with E-state index in [4.69, 9.17) is 21.3 Å². The molecule has 6 heteroatoms. The lowest BCUT2D eigenvalue weighted by Gasteiger charge is -2.18. The molecule has 2 aromatic carbocycles. The van der Waals surface area contributed by atoms with Crippen molar-refractivity contribution < 1.29 is 10.1 Å². The zero-order valence-corrected chi connectivity index (χ0v) is 16.7. The Morgan fingerprint density at radius 1 is 1.22 bits per heavy atom. The summed E-state index contributed by atoms with van der Waals surface area (Å²) in [6.07, 6.45) is 2.26. The SMILES string of the molecule is CCCC[NH2+][C@@H](C)c1nc2cc(Cl)ccc2c(=O)n1-c1ccc(OC)cc1. The van der Waals surface area contributed by atoms with Gasteiger partial charge < -0.3 is 10.1 Å². The third kappa shape index (κ3) is 4.15. The standard InChI is InChI=1S/C21H24ClN3O2/c1-4-5-12-23-14(2)20-24-19-13-15(22)6-11-18(19)21(26)25(20)16-7-9-17(27-3)10-8-16/h6-11,13-14,23H,4-5,12H2,1-3H3/p+1/t14-/m0/s1. The van der Waals surface area contributed by atoms with Gasteiger partial charge in [0.25, 0.3) is 5.56 Å². The normalized spacial score (nSPS) is 12.3. The Morgan fingerprint density at radius 3 is 2.63 bits per heavy atom. The van der Waals surface area contributed by atoms with Gasteiger partial charge in [-0.1, -0.05) is 24.9 Å². The third-order valence-electron chi connectivity index (χ3n) is 4.67. The minimum Gasteiger partial charge on any atom is -0.497 e. The lowest BCUT2D eigenvalue weighted by molar-refractivity contribution is -0.694. The van der Waals surface area contributed by atoms with E-state index in [-0.39, 0.29) is 11.6 Å². The van der Waals surface area contributed by atoms with Crippen molar-refractivity contribution in [3.8, 4) is 11.4 Å². The fourth-order valence-electron chi connectivity index (χ4n) is 3.14. The molecule has 3 aromatic rings. The van der Waals surface area contributed by atoms with Crippen LogP contribution < -0.4 is 15.6 Å². The van der Waals surface area contributed by atoms with Crippen molar-refractivity contribution in [3.63, 3.8) is 0 Å². The predicted octanol–water partition coefficient (Wildman–Crippen LogP) is 3.47. The van der Waals surface area contributed by atoms with Gasteiger partial charge in [-0.15, -0.1) is 0 Å². The van der Waals surface area contributed by atoms with Gasteiger partial charge in [0.2, 0.25) is 0 Å². The lowest BCUT2D eigenvalue weighted by Crippen LogP contribution is -2.85. The molecule has 0 aliphatic heterocycles. The maximum Gasteiger partial charge on any atom is 0.266 e. The molecule has 1 aromatic heterocycles. The van der Waals surface area contributed by atoms with Crippen LogP contribution >= 0.6 is 11.6 Å². The van der Waals surface area contributed by atoms with Crippen LogP contribution in [-0.4, -0.2) is 23.2 Å². The number of benzene rings is 2. The van der Waals surface area contributed by atoms with Crippen molar-refractivity contribution in [1.29, 1.82) is 0 Å². The highest BCUT2D eigenvalue weighted by molar-refractivity contribution is 6.31. The van der Waals surface area contributed by atoms with Crippen LogP contribution in [0.15, 0.2) is 47.3 Å². The second kappa shape index (κ2) is 8.55. The number of ether oxygens (including phenoxy) is 1. The van der Waals surface area contributed by atoms with Crippen molar-refractivity contribution in [2.24, 2.45) is 0 Å².